The van der Waals surface area contributed by atoms with Gasteiger partial charge in [-0.3, -0.25) is 14.4 Å². The van der Waals surface area contributed by atoms with Crippen LogP contribution in [0.15, 0.2) is 54.7 Å². The molecule has 1 aromatic heterocycles. The van der Waals surface area contributed by atoms with Gasteiger partial charge in [-0.05, 0) is 37.3 Å². The van der Waals surface area contributed by atoms with Crippen molar-refractivity contribution in [2.75, 3.05) is 0 Å². The van der Waals surface area contributed by atoms with Crippen LogP contribution in [0.5, 0.6) is 0 Å². The van der Waals surface area contributed by atoms with Gasteiger partial charge in [-0.25, -0.2) is 0 Å². The van der Waals surface area contributed by atoms with E-state index >= 15 is 0 Å². The van der Waals surface area contributed by atoms with Crippen molar-refractivity contribution in [2.24, 2.45) is 13.0 Å². The van der Waals surface area contributed by atoms with Crippen molar-refractivity contribution in [3.05, 3.63) is 65.9 Å². The molecule has 0 saturated carbocycles. The number of ketones is 1. The number of carbonyl (C=O) groups is 1. The third-order valence-corrected chi connectivity index (χ3v) is 6.74. The SMILES string of the molecule is Cn1ncc2ccc(C(=O)C3CC4CCCC(C3)N4Cc3ccccc3)cc21. The highest BCUT2D eigenvalue weighted by Crippen LogP contribution is 2.39. The molecule has 3 heterocycles. The molecule has 2 atom stereocenters. The number of aromatic nitrogens is 2. The molecule has 4 nitrogen and oxygen atoms in total. The van der Waals surface area contributed by atoms with E-state index in [9.17, 15) is 4.79 Å². The molecule has 2 unspecified atom stereocenters. The smallest absolute Gasteiger partial charge is 0.166 e. The highest BCUT2D eigenvalue weighted by Gasteiger charge is 2.40. The Morgan fingerprint density at radius 1 is 1.07 bits per heavy atom. The van der Waals surface area contributed by atoms with Gasteiger partial charge >= 0.3 is 0 Å². The zero-order valence-electron chi connectivity index (χ0n) is 16.4. The molecule has 2 aromatic carbocycles. The van der Waals surface area contributed by atoms with Crippen molar-refractivity contribution < 1.29 is 4.79 Å². The van der Waals surface area contributed by atoms with Gasteiger partial charge in [0.15, 0.2) is 5.78 Å². The number of carbonyl (C=O) groups excluding carboxylic acids is 1. The third kappa shape index (κ3) is 3.16. The van der Waals surface area contributed by atoms with E-state index in [1.54, 1.807) is 0 Å². The minimum absolute atomic E-state index is 0.146. The molecule has 5 rings (SSSR count). The Labute approximate surface area is 166 Å². The maximum atomic E-state index is 13.3. The first-order valence-corrected chi connectivity index (χ1v) is 10.4. The van der Waals surface area contributed by atoms with Gasteiger partial charge in [0.1, 0.15) is 0 Å². The number of hydrogen-bond acceptors (Lipinski definition) is 3. The van der Waals surface area contributed by atoms with Gasteiger partial charge in [0, 0.05) is 42.5 Å². The van der Waals surface area contributed by atoms with Crippen LogP contribution in [-0.4, -0.2) is 32.5 Å². The zero-order valence-corrected chi connectivity index (χ0v) is 16.4. The maximum Gasteiger partial charge on any atom is 0.166 e. The first-order valence-electron chi connectivity index (χ1n) is 10.4. The van der Waals surface area contributed by atoms with E-state index in [2.05, 4.69) is 40.3 Å². The van der Waals surface area contributed by atoms with E-state index in [0.717, 1.165) is 35.9 Å². The number of Topliss-reactive ketones (excluding diaryl/α,β-unsaturated/α-hetero) is 1. The largest absolute Gasteiger partial charge is 0.294 e. The first-order chi connectivity index (χ1) is 13.7. The van der Waals surface area contributed by atoms with Crippen molar-refractivity contribution in [1.29, 1.82) is 0 Å². The summed E-state index contributed by atoms with van der Waals surface area (Å²) in [6.07, 6.45) is 7.57. The molecule has 0 N–H and O–H groups in total. The molecule has 0 amide bonds. The highest BCUT2D eigenvalue weighted by atomic mass is 16.1. The summed E-state index contributed by atoms with van der Waals surface area (Å²) in [5.74, 6) is 0.465. The van der Waals surface area contributed by atoms with Gasteiger partial charge in [0.2, 0.25) is 0 Å². The predicted octanol–water partition coefficient (Wildman–Crippen LogP) is 4.59. The van der Waals surface area contributed by atoms with Crippen molar-refractivity contribution in [2.45, 2.75) is 50.7 Å². The Morgan fingerprint density at radius 3 is 2.57 bits per heavy atom. The summed E-state index contributed by atoms with van der Waals surface area (Å²) in [6.45, 7) is 1.01. The van der Waals surface area contributed by atoms with Crippen LogP contribution >= 0.6 is 0 Å². The maximum absolute atomic E-state index is 13.3. The van der Waals surface area contributed by atoms with Crippen LogP contribution in [0.2, 0.25) is 0 Å². The normalized spacial score (nSPS) is 25.1. The molecule has 28 heavy (non-hydrogen) atoms. The Bertz CT molecular complexity index is 980. The molecule has 2 bridgehead atoms. The second kappa shape index (κ2) is 7.17. The summed E-state index contributed by atoms with van der Waals surface area (Å²) >= 11 is 0. The van der Waals surface area contributed by atoms with E-state index in [1.165, 1.54) is 24.8 Å². The lowest BCUT2D eigenvalue weighted by Gasteiger charge is -2.48. The number of piperidine rings is 2. The van der Waals surface area contributed by atoms with Gasteiger partial charge in [-0.15, -0.1) is 0 Å². The lowest BCUT2D eigenvalue weighted by atomic mass is 9.75. The quantitative estimate of drug-likeness (QED) is 0.628. The Morgan fingerprint density at radius 2 is 1.82 bits per heavy atom. The van der Waals surface area contributed by atoms with Crippen molar-refractivity contribution in [3.63, 3.8) is 0 Å². The van der Waals surface area contributed by atoms with E-state index in [-0.39, 0.29) is 5.92 Å². The summed E-state index contributed by atoms with van der Waals surface area (Å²) in [5, 5.41) is 5.40. The van der Waals surface area contributed by atoms with E-state index < -0.39 is 0 Å². The zero-order chi connectivity index (χ0) is 19.1. The van der Waals surface area contributed by atoms with Crippen LogP contribution < -0.4 is 0 Å². The second-order valence-corrected chi connectivity index (χ2v) is 8.47. The fourth-order valence-electron chi connectivity index (χ4n) is 5.28. The summed E-state index contributed by atoms with van der Waals surface area (Å²) < 4.78 is 1.85. The summed E-state index contributed by atoms with van der Waals surface area (Å²) in [7, 11) is 1.93. The fourth-order valence-corrected chi connectivity index (χ4v) is 5.28. The molecular formula is C24H27N3O. The lowest BCUT2D eigenvalue weighted by Crippen LogP contribution is -2.52. The molecule has 0 radical (unpaired) electrons. The van der Waals surface area contributed by atoms with Gasteiger partial charge in [0.25, 0.3) is 0 Å². The first kappa shape index (κ1) is 17.6. The number of nitrogens with zero attached hydrogens (tertiary/aromatic N) is 3. The molecule has 2 saturated heterocycles. The van der Waals surface area contributed by atoms with E-state index in [0.29, 0.717) is 17.9 Å². The van der Waals surface area contributed by atoms with Crippen LogP contribution in [0.3, 0.4) is 0 Å². The summed E-state index contributed by atoms with van der Waals surface area (Å²) in [6, 6.07) is 17.9. The van der Waals surface area contributed by atoms with Crippen LogP contribution in [0.1, 0.15) is 48.0 Å². The van der Waals surface area contributed by atoms with Crippen molar-refractivity contribution in [1.82, 2.24) is 14.7 Å². The number of fused-ring (bicyclic) bond motifs is 3. The van der Waals surface area contributed by atoms with E-state index in [4.69, 9.17) is 0 Å². The summed E-state index contributed by atoms with van der Waals surface area (Å²) in [5.41, 5.74) is 3.26. The topological polar surface area (TPSA) is 38.1 Å². The fraction of sp³-hybridized carbons (Fsp3) is 0.417. The number of benzene rings is 2. The second-order valence-electron chi connectivity index (χ2n) is 8.47. The Balaban J connectivity index is 1.36. The molecule has 0 aliphatic carbocycles. The Kier molecular flexibility index (Phi) is 4.52. The number of hydrogen-bond donors (Lipinski definition) is 0. The van der Waals surface area contributed by atoms with Crippen molar-refractivity contribution >= 4 is 16.7 Å². The molecule has 2 aliphatic heterocycles. The molecule has 0 spiro atoms. The van der Waals surface area contributed by atoms with Gasteiger partial charge in [-0.2, -0.15) is 5.10 Å². The average Bonchev–Trinajstić information content (AvgIpc) is 3.08. The average molecular weight is 374 g/mol. The Hall–Kier alpha value is -2.46. The van der Waals surface area contributed by atoms with Crippen molar-refractivity contribution in [3.8, 4) is 0 Å². The number of aryl methyl sites for hydroxylation is 1. The minimum atomic E-state index is 0.146. The van der Waals surface area contributed by atoms with Crippen LogP contribution in [-0.2, 0) is 13.6 Å². The van der Waals surface area contributed by atoms with Crippen LogP contribution in [0.4, 0.5) is 0 Å². The van der Waals surface area contributed by atoms with E-state index in [1.807, 2.05) is 36.1 Å². The van der Waals surface area contributed by atoms with Gasteiger partial charge in [-0.1, -0.05) is 48.9 Å². The van der Waals surface area contributed by atoms with Gasteiger partial charge in [0.05, 0.1) is 11.7 Å². The standard InChI is InChI=1S/C24H27N3O/c1-26-23-14-18(10-11-19(23)15-25-26)24(28)20-12-21-8-5-9-22(13-20)27(21)16-17-6-3-2-4-7-17/h2-4,6-7,10-11,14-15,20-22H,5,8-9,12-13,16H2,1H3. The third-order valence-electron chi connectivity index (χ3n) is 6.74. The monoisotopic (exact) mass is 373 g/mol. The molecule has 3 aromatic rings. The molecule has 2 aliphatic rings. The minimum Gasteiger partial charge on any atom is -0.294 e. The molecular weight excluding hydrogens is 346 g/mol. The van der Waals surface area contributed by atoms with Gasteiger partial charge < -0.3 is 0 Å². The lowest BCUT2D eigenvalue weighted by molar-refractivity contribution is 0.00907. The molecule has 2 fully saturated rings. The highest BCUT2D eigenvalue weighted by molar-refractivity contribution is 6.00. The van der Waals surface area contributed by atoms with Crippen LogP contribution in [0.25, 0.3) is 10.9 Å². The van der Waals surface area contributed by atoms with Crippen LogP contribution in [0, 0.1) is 5.92 Å². The molecule has 144 valence electrons. The summed E-state index contributed by atoms with van der Waals surface area (Å²) in [4.78, 5) is 16.0. The predicted molar refractivity (Wildman–Crippen MR) is 111 cm³/mol. The number of rotatable bonds is 4. The molecule has 4 heteroatoms.